The van der Waals surface area contributed by atoms with Gasteiger partial charge in [-0.2, -0.15) is 0 Å². The normalized spacial score (nSPS) is 13.2. The van der Waals surface area contributed by atoms with Crippen LogP contribution in [0, 0.1) is 0 Å². The highest BCUT2D eigenvalue weighted by atomic mass is 16.5. The first-order chi connectivity index (χ1) is 21.0. The molecule has 1 aliphatic rings. The predicted octanol–water partition coefficient (Wildman–Crippen LogP) is 12.1. The fraction of sp³-hybridized carbons (Fsp3) is 0.947. The lowest BCUT2D eigenvalue weighted by Gasteiger charge is -2.18. The zero-order valence-corrected chi connectivity index (χ0v) is 31.0. The minimum Gasteiger partial charge on any atom is -0.468 e. The molecule has 0 saturated carbocycles. The van der Waals surface area contributed by atoms with Gasteiger partial charge >= 0.3 is 5.97 Å². The molecule has 1 N–H and O–H groups in total. The summed E-state index contributed by atoms with van der Waals surface area (Å²) in [6.45, 7) is 21.2. The molecule has 0 aliphatic carbocycles. The van der Waals surface area contributed by atoms with E-state index in [1.165, 1.54) is 103 Å². The smallest absolute Gasteiger partial charge is 0.306 e. The standard InChI is InChI=1S/C26H50O4.C5H11N.C3H8.2C2H6/c1-3-5-7-9-12-16-20-25(21-17-13-10-8-6-4-2)30-26(28)22-18-14-11-15-19-23-29-24-27;1-5-3-2-4-6-5;1-3-2;2*1-2/h24-25H,3-23H2,1-2H3;5-6H,2-4H2,1H3;3H2,1-2H3;2*1-2H3. The summed E-state index contributed by atoms with van der Waals surface area (Å²) < 4.78 is 10.6. The van der Waals surface area contributed by atoms with Crippen molar-refractivity contribution >= 4 is 12.4 Å². The van der Waals surface area contributed by atoms with E-state index >= 15 is 0 Å². The topological polar surface area (TPSA) is 64.6 Å². The van der Waals surface area contributed by atoms with Gasteiger partial charge in [-0.05, 0) is 64.8 Å². The van der Waals surface area contributed by atoms with Crippen LogP contribution in [0.1, 0.15) is 210 Å². The highest BCUT2D eigenvalue weighted by Crippen LogP contribution is 2.18. The first-order valence-electron chi connectivity index (χ1n) is 19.0. The summed E-state index contributed by atoms with van der Waals surface area (Å²) in [6, 6.07) is 0.796. The van der Waals surface area contributed by atoms with Gasteiger partial charge in [-0.15, -0.1) is 0 Å². The largest absolute Gasteiger partial charge is 0.468 e. The van der Waals surface area contributed by atoms with Crippen LogP contribution in [0.2, 0.25) is 0 Å². The number of ether oxygens (including phenoxy) is 2. The summed E-state index contributed by atoms with van der Waals surface area (Å²) in [5, 5.41) is 3.32. The number of unbranched alkanes of at least 4 members (excludes halogenated alkanes) is 14. The zero-order chi connectivity index (χ0) is 33.2. The number of hydrogen-bond acceptors (Lipinski definition) is 5. The molecule has 0 aromatic carbocycles. The van der Waals surface area contributed by atoms with Gasteiger partial charge in [0.15, 0.2) is 0 Å². The minimum atomic E-state index is -0.0127. The van der Waals surface area contributed by atoms with Crippen molar-refractivity contribution in [3.05, 3.63) is 0 Å². The molecule has 43 heavy (non-hydrogen) atoms. The Hall–Kier alpha value is -1.10. The van der Waals surface area contributed by atoms with E-state index in [1.807, 2.05) is 27.7 Å². The molecule has 1 rings (SSSR count). The molecular weight excluding hydrogens is 534 g/mol. The van der Waals surface area contributed by atoms with Crippen molar-refractivity contribution < 1.29 is 19.1 Å². The fourth-order valence-corrected chi connectivity index (χ4v) is 4.70. The lowest BCUT2D eigenvalue weighted by molar-refractivity contribution is -0.150. The summed E-state index contributed by atoms with van der Waals surface area (Å²) in [5.74, 6) is -0.0127. The molecule has 1 unspecified atom stereocenters. The lowest BCUT2D eigenvalue weighted by Crippen LogP contribution is -2.18. The first kappa shape index (κ1) is 48.8. The number of esters is 1. The highest BCUT2D eigenvalue weighted by molar-refractivity contribution is 5.69. The van der Waals surface area contributed by atoms with Crippen LogP contribution in [0.5, 0.6) is 0 Å². The molecule has 0 aromatic heterocycles. The van der Waals surface area contributed by atoms with Gasteiger partial charge in [-0.1, -0.05) is 145 Å². The second-order valence-corrected chi connectivity index (χ2v) is 11.4. The van der Waals surface area contributed by atoms with Gasteiger partial charge in [0, 0.05) is 12.5 Å². The van der Waals surface area contributed by atoms with Crippen molar-refractivity contribution in [2.45, 2.75) is 222 Å². The number of nitrogens with one attached hydrogen (secondary N) is 1. The average molecular weight is 616 g/mol. The quantitative estimate of drug-likeness (QED) is 0.0664. The Balaban J connectivity index is -0.000000486. The van der Waals surface area contributed by atoms with Gasteiger partial charge in [0.25, 0.3) is 6.47 Å². The SMILES string of the molecule is CC.CC.CC1CCCN1.CCC.CCCCCCCCC(CCCCCCCC)OC(=O)CCCCCCCOC=O. The number of hydrogen-bond donors (Lipinski definition) is 1. The fourth-order valence-electron chi connectivity index (χ4n) is 4.70. The molecule has 262 valence electrons. The number of carbonyl (C=O) groups is 2. The molecule has 1 heterocycles. The van der Waals surface area contributed by atoms with Gasteiger partial charge in [0.05, 0.1) is 6.61 Å². The summed E-state index contributed by atoms with van der Waals surface area (Å²) in [7, 11) is 0. The Morgan fingerprint density at radius 3 is 1.56 bits per heavy atom. The van der Waals surface area contributed by atoms with E-state index in [9.17, 15) is 9.59 Å². The monoisotopic (exact) mass is 616 g/mol. The van der Waals surface area contributed by atoms with Crippen molar-refractivity contribution in [1.82, 2.24) is 5.32 Å². The van der Waals surface area contributed by atoms with Crippen LogP contribution in [0.25, 0.3) is 0 Å². The zero-order valence-electron chi connectivity index (χ0n) is 31.0. The van der Waals surface area contributed by atoms with Crippen LogP contribution in [-0.2, 0) is 19.1 Å². The molecule has 1 aliphatic heterocycles. The third-order valence-electron chi connectivity index (χ3n) is 7.08. The molecule has 0 aromatic rings. The van der Waals surface area contributed by atoms with E-state index in [0.29, 0.717) is 19.5 Å². The van der Waals surface area contributed by atoms with Crippen molar-refractivity contribution in [3.63, 3.8) is 0 Å². The van der Waals surface area contributed by atoms with Gasteiger partial charge in [-0.25, -0.2) is 0 Å². The van der Waals surface area contributed by atoms with E-state index in [1.54, 1.807) is 0 Å². The summed E-state index contributed by atoms with van der Waals surface area (Å²) in [6.07, 6.45) is 27.1. The van der Waals surface area contributed by atoms with E-state index in [4.69, 9.17) is 4.74 Å². The van der Waals surface area contributed by atoms with Crippen LogP contribution in [0.3, 0.4) is 0 Å². The van der Waals surface area contributed by atoms with Crippen LogP contribution >= 0.6 is 0 Å². The van der Waals surface area contributed by atoms with Crippen molar-refractivity contribution in [2.24, 2.45) is 0 Å². The Morgan fingerprint density at radius 1 is 0.721 bits per heavy atom. The molecule has 0 spiro atoms. The lowest BCUT2D eigenvalue weighted by atomic mass is 10.0. The Morgan fingerprint density at radius 2 is 1.16 bits per heavy atom. The molecule has 0 amide bonds. The summed E-state index contributed by atoms with van der Waals surface area (Å²) in [5.41, 5.74) is 0. The number of rotatable bonds is 24. The second kappa shape index (κ2) is 47.8. The first-order valence-corrected chi connectivity index (χ1v) is 19.0. The Kier molecular flexibility index (Phi) is 54.3. The van der Waals surface area contributed by atoms with Crippen molar-refractivity contribution in [2.75, 3.05) is 13.2 Å². The summed E-state index contributed by atoms with van der Waals surface area (Å²) >= 11 is 0. The third kappa shape index (κ3) is 48.0. The maximum absolute atomic E-state index is 12.3. The van der Waals surface area contributed by atoms with E-state index in [2.05, 4.69) is 44.7 Å². The van der Waals surface area contributed by atoms with Gasteiger partial charge < -0.3 is 14.8 Å². The second-order valence-electron chi connectivity index (χ2n) is 11.4. The van der Waals surface area contributed by atoms with E-state index < -0.39 is 0 Å². The Labute approximate surface area is 271 Å². The van der Waals surface area contributed by atoms with Crippen LogP contribution in [-0.4, -0.2) is 37.7 Å². The van der Waals surface area contributed by atoms with Crippen LogP contribution < -0.4 is 5.32 Å². The molecule has 0 radical (unpaired) electrons. The molecule has 5 nitrogen and oxygen atoms in total. The van der Waals surface area contributed by atoms with E-state index in [0.717, 1.165) is 51.0 Å². The molecule has 1 saturated heterocycles. The molecule has 5 heteroatoms. The summed E-state index contributed by atoms with van der Waals surface area (Å²) in [4.78, 5) is 22.4. The third-order valence-corrected chi connectivity index (χ3v) is 7.08. The minimum absolute atomic E-state index is 0.0127. The maximum atomic E-state index is 12.3. The molecule has 1 fully saturated rings. The van der Waals surface area contributed by atoms with Crippen molar-refractivity contribution in [3.8, 4) is 0 Å². The Bertz CT molecular complexity index is 465. The average Bonchev–Trinajstić information content (AvgIpc) is 3.51. The van der Waals surface area contributed by atoms with Gasteiger partial charge in [0.1, 0.15) is 6.10 Å². The maximum Gasteiger partial charge on any atom is 0.306 e. The van der Waals surface area contributed by atoms with Crippen molar-refractivity contribution in [1.29, 1.82) is 0 Å². The van der Waals surface area contributed by atoms with E-state index in [-0.39, 0.29) is 12.1 Å². The van der Waals surface area contributed by atoms with Gasteiger partial charge in [0.2, 0.25) is 0 Å². The molecule has 0 bridgehead atoms. The van der Waals surface area contributed by atoms with Crippen LogP contribution in [0.15, 0.2) is 0 Å². The highest BCUT2D eigenvalue weighted by Gasteiger charge is 2.14. The van der Waals surface area contributed by atoms with Crippen LogP contribution in [0.4, 0.5) is 0 Å². The number of carbonyl (C=O) groups excluding carboxylic acids is 2. The molecule has 1 atom stereocenters. The van der Waals surface area contributed by atoms with Gasteiger partial charge in [-0.3, -0.25) is 9.59 Å². The predicted molar refractivity (Wildman–Crippen MR) is 191 cm³/mol. The molecular formula is C38H81NO4.